The number of fused-ring (bicyclic) bond motifs is 1. The Morgan fingerprint density at radius 3 is 2.88 bits per heavy atom. The van der Waals surface area contributed by atoms with Gasteiger partial charge in [0.1, 0.15) is 12.4 Å². The fraction of sp³-hybridized carbons (Fsp3) is 0.250. The van der Waals surface area contributed by atoms with E-state index in [1.807, 2.05) is 0 Å². The minimum absolute atomic E-state index is 0.154. The molecule has 0 aliphatic carbocycles. The van der Waals surface area contributed by atoms with Crippen LogP contribution >= 0.6 is 0 Å². The standard InChI is InChI=1S/C8H7F2N5O2/c9-7(10)8-13-12-5-2-1-4(14-15(5)8)11-3-6(16)17/h1-2,7H,3H2,(H,11,14)(H,16,17). The summed E-state index contributed by atoms with van der Waals surface area (Å²) in [6.45, 7) is -0.357. The Kier molecular flexibility index (Phi) is 2.81. The Bertz CT molecular complexity index is 556. The summed E-state index contributed by atoms with van der Waals surface area (Å²) < 4.78 is 25.9. The average molecular weight is 243 g/mol. The molecule has 0 saturated heterocycles. The maximum absolute atomic E-state index is 12.5. The first-order chi connectivity index (χ1) is 8.08. The van der Waals surface area contributed by atoms with Gasteiger partial charge in [0.15, 0.2) is 5.65 Å². The van der Waals surface area contributed by atoms with E-state index in [2.05, 4.69) is 20.6 Å². The highest BCUT2D eigenvalue weighted by atomic mass is 19.3. The molecule has 0 spiro atoms. The van der Waals surface area contributed by atoms with Crippen molar-refractivity contribution in [2.24, 2.45) is 0 Å². The molecular weight excluding hydrogens is 236 g/mol. The Hall–Kier alpha value is -2.32. The van der Waals surface area contributed by atoms with Crippen LogP contribution in [0.4, 0.5) is 14.6 Å². The number of carbonyl (C=O) groups is 1. The molecule has 0 radical (unpaired) electrons. The molecular formula is C8H7F2N5O2. The van der Waals surface area contributed by atoms with Crippen LogP contribution in [0.3, 0.4) is 0 Å². The molecule has 0 bridgehead atoms. The van der Waals surface area contributed by atoms with E-state index < -0.39 is 18.2 Å². The second-order valence-corrected chi connectivity index (χ2v) is 3.09. The van der Waals surface area contributed by atoms with Gasteiger partial charge in [-0.25, -0.2) is 8.78 Å². The van der Waals surface area contributed by atoms with E-state index in [1.54, 1.807) is 0 Å². The number of aliphatic carboxylic acids is 1. The van der Waals surface area contributed by atoms with Gasteiger partial charge < -0.3 is 10.4 Å². The molecule has 9 heteroatoms. The van der Waals surface area contributed by atoms with Gasteiger partial charge >= 0.3 is 5.97 Å². The number of carboxylic acid groups (broad SMARTS) is 1. The number of rotatable bonds is 4. The lowest BCUT2D eigenvalue weighted by Gasteiger charge is -2.03. The van der Waals surface area contributed by atoms with Crippen molar-refractivity contribution in [1.29, 1.82) is 0 Å². The molecule has 0 aliphatic heterocycles. The number of hydrogen-bond acceptors (Lipinski definition) is 5. The van der Waals surface area contributed by atoms with Gasteiger partial charge in [-0.05, 0) is 12.1 Å². The number of anilines is 1. The minimum Gasteiger partial charge on any atom is -0.480 e. The first-order valence-corrected chi connectivity index (χ1v) is 4.54. The van der Waals surface area contributed by atoms with Crippen molar-refractivity contribution in [3.63, 3.8) is 0 Å². The van der Waals surface area contributed by atoms with Gasteiger partial charge in [0.25, 0.3) is 6.43 Å². The topological polar surface area (TPSA) is 92.4 Å². The molecule has 2 rings (SSSR count). The van der Waals surface area contributed by atoms with Gasteiger partial charge in [0.2, 0.25) is 5.82 Å². The maximum Gasteiger partial charge on any atom is 0.322 e. The zero-order valence-electron chi connectivity index (χ0n) is 8.34. The summed E-state index contributed by atoms with van der Waals surface area (Å²) in [5, 5.41) is 21.5. The first kappa shape index (κ1) is 11.2. The van der Waals surface area contributed by atoms with Crippen molar-refractivity contribution in [2.75, 3.05) is 11.9 Å². The van der Waals surface area contributed by atoms with Crippen molar-refractivity contribution >= 4 is 17.4 Å². The number of aromatic nitrogens is 4. The van der Waals surface area contributed by atoms with Gasteiger partial charge in [0, 0.05) is 0 Å². The van der Waals surface area contributed by atoms with E-state index in [-0.39, 0.29) is 18.0 Å². The molecule has 17 heavy (non-hydrogen) atoms. The van der Waals surface area contributed by atoms with Crippen LogP contribution in [0, 0.1) is 0 Å². The molecule has 90 valence electrons. The third kappa shape index (κ3) is 2.27. The molecule has 0 fully saturated rings. The smallest absolute Gasteiger partial charge is 0.322 e. The van der Waals surface area contributed by atoms with Crippen LogP contribution in [0.25, 0.3) is 5.65 Å². The van der Waals surface area contributed by atoms with Crippen molar-refractivity contribution in [3.8, 4) is 0 Å². The van der Waals surface area contributed by atoms with Crippen LogP contribution in [0.15, 0.2) is 12.1 Å². The highest BCUT2D eigenvalue weighted by Crippen LogP contribution is 2.17. The Morgan fingerprint density at radius 2 is 2.24 bits per heavy atom. The number of nitrogens with one attached hydrogen (secondary N) is 1. The number of carboxylic acids is 1. The second kappa shape index (κ2) is 4.28. The zero-order chi connectivity index (χ0) is 12.4. The zero-order valence-corrected chi connectivity index (χ0v) is 8.34. The van der Waals surface area contributed by atoms with Crippen molar-refractivity contribution in [1.82, 2.24) is 19.8 Å². The highest BCUT2D eigenvalue weighted by Gasteiger charge is 2.16. The van der Waals surface area contributed by atoms with Crippen LogP contribution in [0.1, 0.15) is 12.2 Å². The highest BCUT2D eigenvalue weighted by molar-refractivity contribution is 5.72. The molecule has 0 saturated carbocycles. The Morgan fingerprint density at radius 1 is 1.47 bits per heavy atom. The van der Waals surface area contributed by atoms with Crippen LogP contribution in [-0.4, -0.2) is 37.4 Å². The Labute approximate surface area is 93.1 Å². The van der Waals surface area contributed by atoms with Crippen molar-refractivity contribution < 1.29 is 18.7 Å². The van der Waals surface area contributed by atoms with E-state index in [0.29, 0.717) is 0 Å². The van der Waals surface area contributed by atoms with E-state index >= 15 is 0 Å². The largest absolute Gasteiger partial charge is 0.480 e. The van der Waals surface area contributed by atoms with E-state index in [4.69, 9.17) is 5.11 Å². The molecule has 2 aromatic heterocycles. The molecule has 2 aromatic rings. The monoisotopic (exact) mass is 243 g/mol. The van der Waals surface area contributed by atoms with Crippen LogP contribution in [0.2, 0.25) is 0 Å². The number of hydrogen-bond donors (Lipinski definition) is 2. The van der Waals surface area contributed by atoms with Gasteiger partial charge in [-0.2, -0.15) is 4.52 Å². The second-order valence-electron chi connectivity index (χ2n) is 3.09. The molecule has 7 nitrogen and oxygen atoms in total. The minimum atomic E-state index is -2.80. The van der Waals surface area contributed by atoms with E-state index in [1.165, 1.54) is 12.1 Å². The number of nitrogens with zero attached hydrogens (tertiary/aromatic N) is 4. The maximum atomic E-state index is 12.5. The molecule has 0 aromatic carbocycles. The van der Waals surface area contributed by atoms with Crippen molar-refractivity contribution in [3.05, 3.63) is 18.0 Å². The molecule has 0 aliphatic rings. The predicted octanol–water partition coefficient (Wildman–Crippen LogP) is 0.558. The van der Waals surface area contributed by atoms with Gasteiger partial charge in [-0.3, -0.25) is 4.79 Å². The lowest BCUT2D eigenvalue weighted by atomic mass is 10.5. The van der Waals surface area contributed by atoms with Crippen LogP contribution in [0.5, 0.6) is 0 Å². The summed E-state index contributed by atoms with van der Waals surface area (Å²) in [6, 6.07) is 2.85. The number of halogens is 2. The SMILES string of the molecule is O=C(O)CNc1ccc2nnc(C(F)F)n2n1. The van der Waals surface area contributed by atoms with Crippen LogP contribution in [-0.2, 0) is 4.79 Å². The molecule has 0 atom stereocenters. The van der Waals surface area contributed by atoms with Gasteiger partial charge in [0.05, 0.1) is 0 Å². The van der Waals surface area contributed by atoms with Gasteiger partial charge in [-0.1, -0.05) is 0 Å². The molecule has 2 N–H and O–H groups in total. The predicted molar refractivity (Wildman–Crippen MR) is 51.9 cm³/mol. The van der Waals surface area contributed by atoms with E-state index in [9.17, 15) is 13.6 Å². The summed E-state index contributed by atoms with van der Waals surface area (Å²) in [4.78, 5) is 10.3. The summed E-state index contributed by atoms with van der Waals surface area (Å²) >= 11 is 0. The lowest BCUT2D eigenvalue weighted by molar-refractivity contribution is -0.134. The third-order valence-corrected chi connectivity index (χ3v) is 1.90. The first-order valence-electron chi connectivity index (χ1n) is 4.54. The normalized spacial score (nSPS) is 11.0. The fourth-order valence-corrected chi connectivity index (χ4v) is 1.20. The van der Waals surface area contributed by atoms with E-state index in [0.717, 1.165) is 4.52 Å². The molecule has 2 heterocycles. The lowest BCUT2D eigenvalue weighted by Crippen LogP contribution is -2.14. The summed E-state index contributed by atoms with van der Waals surface area (Å²) in [7, 11) is 0. The summed E-state index contributed by atoms with van der Waals surface area (Å²) in [5.74, 6) is -1.51. The van der Waals surface area contributed by atoms with Crippen molar-refractivity contribution in [2.45, 2.75) is 6.43 Å². The summed E-state index contributed by atoms with van der Waals surface area (Å²) in [5.41, 5.74) is 0.168. The van der Waals surface area contributed by atoms with Gasteiger partial charge in [-0.15, -0.1) is 15.3 Å². The summed E-state index contributed by atoms with van der Waals surface area (Å²) in [6.07, 6.45) is -2.80. The Balaban J connectivity index is 2.34. The number of alkyl halides is 2. The third-order valence-electron chi connectivity index (χ3n) is 1.90. The average Bonchev–Trinajstić information content (AvgIpc) is 2.69. The van der Waals surface area contributed by atoms with Crippen LogP contribution < -0.4 is 5.32 Å². The molecule has 0 unspecified atom stereocenters. The quantitative estimate of drug-likeness (QED) is 0.815. The fourth-order valence-electron chi connectivity index (χ4n) is 1.20. The molecule has 0 amide bonds.